The summed E-state index contributed by atoms with van der Waals surface area (Å²) in [6.45, 7) is 0. The van der Waals surface area contributed by atoms with Crippen molar-refractivity contribution >= 4 is 11.8 Å². The van der Waals surface area contributed by atoms with Gasteiger partial charge in [-0.05, 0) is 0 Å². The zero-order valence-corrected chi connectivity index (χ0v) is 8.14. The van der Waals surface area contributed by atoms with Gasteiger partial charge in [-0.25, -0.2) is 0 Å². The van der Waals surface area contributed by atoms with E-state index in [2.05, 4.69) is 0 Å². The average molecular weight is 272 g/mol. The molecule has 0 heterocycles. The van der Waals surface area contributed by atoms with Crippen molar-refractivity contribution in [2.45, 2.75) is 6.42 Å². The van der Waals surface area contributed by atoms with E-state index < -0.39 is 12.4 Å². The van der Waals surface area contributed by atoms with E-state index in [-0.39, 0.29) is 28.2 Å². The minimum Gasteiger partial charge on any atom is -0.481 e. The summed E-state index contributed by atoms with van der Waals surface area (Å²) in [5, 5.41) is 8.32. The van der Waals surface area contributed by atoms with Gasteiger partial charge in [0, 0.05) is 27.9 Å². The van der Waals surface area contributed by atoms with Gasteiger partial charge in [0.15, 0.2) is 5.78 Å². The van der Waals surface area contributed by atoms with Crippen LogP contribution >= 0.6 is 0 Å². The van der Waals surface area contributed by atoms with Crippen molar-refractivity contribution in [2.24, 2.45) is 0 Å². The molecule has 0 spiro atoms. The zero-order chi connectivity index (χ0) is 8.97. The van der Waals surface area contributed by atoms with Gasteiger partial charge in [-0.3, -0.25) is 9.59 Å². The number of carbonyl (C=O) groups excluding carboxylic acids is 1. The normalized spacial score (nSPS) is 8.62. The van der Waals surface area contributed by atoms with E-state index in [1.165, 1.54) is 0 Å². The first kappa shape index (κ1) is 12.1. The van der Waals surface area contributed by atoms with Crippen LogP contribution in [0.1, 0.15) is 16.8 Å². The van der Waals surface area contributed by atoms with Crippen molar-refractivity contribution in [3.8, 4) is 0 Å². The minimum absolute atomic E-state index is 0. The summed E-state index contributed by atoms with van der Waals surface area (Å²) in [6.07, 6.45) is -0.440. The van der Waals surface area contributed by atoms with E-state index in [4.69, 9.17) is 5.11 Å². The standard InChI is InChI=1S/C9H8O3.Ag/c10-8(6-9(11)12)7-4-2-1-3-5-7;/h1-5H,6H2,(H,11,12);. The van der Waals surface area contributed by atoms with Crippen LogP contribution in [0.3, 0.4) is 0 Å². The first-order valence-electron chi connectivity index (χ1n) is 3.50. The largest absolute Gasteiger partial charge is 0.481 e. The summed E-state index contributed by atoms with van der Waals surface area (Å²) in [7, 11) is 0. The average Bonchev–Trinajstić information content (AvgIpc) is 2.05. The van der Waals surface area contributed by atoms with Gasteiger partial charge in [0.1, 0.15) is 6.42 Å². The number of hydrogen-bond donors (Lipinski definition) is 1. The SMILES string of the molecule is O=C(O)CC(=O)c1ccccc1.[Ag]. The number of hydrogen-bond acceptors (Lipinski definition) is 2. The van der Waals surface area contributed by atoms with E-state index in [1.807, 2.05) is 0 Å². The molecule has 0 saturated carbocycles. The molecule has 0 aliphatic rings. The van der Waals surface area contributed by atoms with Gasteiger partial charge in [0.05, 0.1) is 0 Å². The number of rotatable bonds is 3. The Labute approximate surface area is 91.3 Å². The fraction of sp³-hybridized carbons (Fsp3) is 0.111. The van der Waals surface area contributed by atoms with E-state index in [1.54, 1.807) is 30.3 Å². The Morgan fingerprint density at radius 3 is 2.15 bits per heavy atom. The van der Waals surface area contributed by atoms with Gasteiger partial charge in [0.2, 0.25) is 0 Å². The second-order valence-corrected chi connectivity index (χ2v) is 2.36. The predicted octanol–water partition coefficient (Wildman–Crippen LogP) is 1.34. The van der Waals surface area contributed by atoms with Crippen molar-refractivity contribution in [2.75, 3.05) is 0 Å². The van der Waals surface area contributed by atoms with Gasteiger partial charge in [-0.1, -0.05) is 30.3 Å². The van der Waals surface area contributed by atoms with E-state index in [0.29, 0.717) is 5.56 Å². The molecule has 3 nitrogen and oxygen atoms in total. The number of benzene rings is 1. The fourth-order valence-corrected chi connectivity index (χ4v) is 0.863. The molecule has 73 valence electrons. The second-order valence-electron chi connectivity index (χ2n) is 2.36. The van der Waals surface area contributed by atoms with Gasteiger partial charge in [-0.2, -0.15) is 0 Å². The number of carbonyl (C=O) groups is 2. The molecule has 0 fully saturated rings. The summed E-state index contributed by atoms with van der Waals surface area (Å²) < 4.78 is 0. The summed E-state index contributed by atoms with van der Waals surface area (Å²) in [5.74, 6) is -1.45. The molecule has 4 heteroatoms. The molecule has 1 aromatic carbocycles. The predicted molar refractivity (Wildman–Crippen MR) is 43.0 cm³/mol. The van der Waals surface area contributed by atoms with Crippen molar-refractivity contribution in [3.63, 3.8) is 0 Å². The first-order valence-corrected chi connectivity index (χ1v) is 3.50. The first-order chi connectivity index (χ1) is 5.70. The maximum absolute atomic E-state index is 11.1. The quantitative estimate of drug-likeness (QED) is 0.513. The molecule has 1 N–H and O–H groups in total. The van der Waals surface area contributed by atoms with Crippen LogP contribution in [-0.2, 0) is 27.2 Å². The van der Waals surface area contributed by atoms with Gasteiger partial charge >= 0.3 is 5.97 Å². The molecule has 0 saturated heterocycles. The topological polar surface area (TPSA) is 54.4 Å². The number of ketones is 1. The Morgan fingerprint density at radius 2 is 1.69 bits per heavy atom. The Bertz CT molecular complexity index is 295. The van der Waals surface area contributed by atoms with Gasteiger partial charge in [-0.15, -0.1) is 0 Å². The molecular formula is C9H8AgO3. The molecule has 0 atom stereocenters. The molecular weight excluding hydrogens is 264 g/mol. The maximum Gasteiger partial charge on any atom is 0.311 e. The molecule has 0 aliphatic carbocycles. The Morgan fingerprint density at radius 1 is 1.15 bits per heavy atom. The number of carboxylic acid groups (broad SMARTS) is 1. The van der Waals surface area contributed by atoms with Crippen LogP contribution in [0.4, 0.5) is 0 Å². The van der Waals surface area contributed by atoms with E-state index >= 15 is 0 Å². The molecule has 0 amide bonds. The monoisotopic (exact) mass is 271 g/mol. The van der Waals surface area contributed by atoms with Crippen LogP contribution < -0.4 is 0 Å². The van der Waals surface area contributed by atoms with Crippen LogP contribution in [0.2, 0.25) is 0 Å². The van der Waals surface area contributed by atoms with Crippen LogP contribution in [0, 0.1) is 0 Å². The summed E-state index contributed by atoms with van der Waals surface area (Å²) in [6, 6.07) is 8.39. The molecule has 1 aromatic rings. The molecule has 0 aromatic heterocycles. The fourth-order valence-electron chi connectivity index (χ4n) is 0.863. The molecule has 13 heavy (non-hydrogen) atoms. The van der Waals surface area contributed by atoms with Crippen LogP contribution in [0.5, 0.6) is 0 Å². The molecule has 0 aliphatic heterocycles. The maximum atomic E-state index is 11.1. The number of Topliss-reactive ketones (excluding diaryl/α,β-unsaturated/α-hetero) is 1. The number of aliphatic carboxylic acids is 1. The Balaban J connectivity index is 0.00000144. The Hall–Kier alpha value is -0.900. The van der Waals surface area contributed by atoms with Crippen molar-refractivity contribution in [1.82, 2.24) is 0 Å². The molecule has 1 radical (unpaired) electrons. The van der Waals surface area contributed by atoms with Crippen LogP contribution in [-0.4, -0.2) is 16.9 Å². The zero-order valence-electron chi connectivity index (χ0n) is 6.66. The van der Waals surface area contributed by atoms with E-state index in [9.17, 15) is 9.59 Å². The van der Waals surface area contributed by atoms with Crippen molar-refractivity contribution in [1.29, 1.82) is 0 Å². The summed E-state index contributed by atoms with van der Waals surface area (Å²) in [5.41, 5.74) is 0.444. The third-order valence-corrected chi connectivity index (χ3v) is 1.41. The van der Waals surface area contributed by atoms with Crippen molar-refractivity contribution in [3.05, 3.63) is 35.9 Å². The molecule has 0 bridgehead atoms. The van der Waals surface area contributed by atoms with Crippen LogP contribution in [0.25, 0.3) is 0 Å². The second kappa shape index (κ2) is 5.70. The minimum atomic E-state index is -1.09. The summed E-state index contributed by atoms with van der Waals surface area (Å²) in [4.78, 5) is 21.2. The summed E-state index contributed by atoms with van der Waals surface area (Å²) >= 11 is 0. The third kappa shape index (κ3) is 4.03. The van der Waals surface area contributed by atoms with Crippen molar-refractivity contribution < 1.29 is 37.1 Å². The molecule has 0 unspecified atom stereocenters. The van der Waals surface area contributed by atoms with E-state index in [0.717, 1.165) is 0 Å². The Kier molecular flexibility index (Phi) is 5.30. The van der Waals surface area contributed by atoms with Gasteiger partial charge in [0.25, 0.3) is 0 Å². The smallest absolute Gasteiger partial charge is 0.311 e. The number of carboxylic acids is 1. The third-order valence-electron chi connectivity index (χ3n) is 1.41. The van der Waals surface area contributed by atoms with Gasteiger partial charge < -0.3 is 5.11 Å². The van der Waals surface area contributed by atoms with Crippen LogP contribution in [0.15, 0.2) is 30.3 Å². The molecule has 1 rings (SSSR count).